The number of aliphatic carboxylic acids is 1. The van der Waals surface area contributed by atoms with Crippen LogP contribution in [0.3, 0.4) is 0 Å². The van der Waals surface area contributed by atoms with Gasteiger partial charge < -0.3 is 10.4 Å². The highest BCUT2D eigenvalue weighted by molar-refractivity contribution is 5.73. The Bertz CT molecular complexity index is 325. The molecule has 21 heavy (non-hydrogen) atoms. The maximum atomic E-state index is 11.2. The lowest BCUT2D eigenvalue weighted by Gasteiger charge is -2.28. The van der Waals surface area contributed by atoms with Gasteiger partial charge in [0.25, 0.3) is 0 Å². The summed E-state index contributed by atoms with van der Waals surface area (Å²) in [5.41, 5.74) is 0. The molecule has 0 radical (unpaired) electrons. The van der Waals surface area contributed by atoms with E-state index < -0.39 is 12.0 Å². The number of carbonyl (C=O) groups excluding carboxylic acids is 1. The van der Waals surface area contributed by atoms with E-state index in [4.69, 9.17) is 0 Å². The number of amides is 1. The summed E-state index contributed by atoms with van der Waals surface area (Å²) in [5.74, 6) is -0.128. The van der Waals surface area contributed by atoms with Gasteiger partial charge in [0.1, 0.15) is 6.04 Å². The van der Waals surface area contributed by atoms with Crippen LogP contribution in [0.5, 0.6) is 0 Å². The zero-order valence-corrected chi connectivity index (χ0v) is 13.4. The molecule has 1 rings (SSSR count). The van der Waals surface area contributed by atoms with Crippen LogP contribution >= 0.6 is 0 Å². The molecule has 0 aromatic heterocycles. The maximum Gasteiger partial charge on any atom is 0.320 e. The van der Waals surface area contributed by atoms with Gasteiger partial charge in [-0.1, -0.05) is 38.5 Å². The predicted octanol–water partition coefficient (Wildman–Crippen LogP) is 2.26. The normalized spacial score (nSPS) is 18.2. The Morgan fingerprint density at radius 3 is 2.33 bits per heavy atom. The highest BCUT2D eigenvalue weighted by atomic mass is 16.4. The van der Waals surface area contributed by atoms with Gasteiger partial charge in [-0.25, -0.2) is 0 Å². The molecule has 0 bridgehead atoms. The van der Waals surface area contributed by atoms with E-state index in [9.17, 15) is 14.7 Å². The van der Waals surface area contributed by atoms with E-state index in [1.54, 1.807) is 6.92 Å². The van der Waals surface area contributed by atoms with E-state index in [0.29, 0.717) is 13.1 Å². The van der Waals surface area contributed by atoms with E-state index in [0.717, 1.165) is 18.9 Å². The first-order valence-corrected chi connectivity index (χ1v) is 8.22. The van der Waals surface area contributed by atoms with Gasteiger partial charge in [0.05, 0.1) is 0 Å². The molecule has 0 heterocycles. The molecule has 0 aliphatic heterocycles. The summed E-state index contributed by atoms with van der Waals surface area (Å²) in [5, 5.41) is 12.0. The molecule has 0 saturated heterocycles. The zero-order valence-electron chi connectivity index (χ0n) is 13.4. The molecule has 0 spiro atoms. The molecule has 1 atom stereocenters. The molecule has 5 nitrogen and oxygen atoms in total. The lowest BCUT2D eigenvalue weighted by Crippen LogP contribution is -2.44. The van der Waals surface area contributed by atoms with Gasteiger partial charge in [0.2, 0.25) is 5.91 Å². The summed E-state index contributed by atoms with van der Waals surface area (Å²) >= 11 is 0. The molecule has 1 unspecified atom stereocenters. The van der Waals surface area contributed by atoms with Crippen LogP contribution in [-0.4, -0.2) is 47.6 Å². The molecule has 0 aromatic rings. The van der Waals surface area contributed by atoms with Crippen molar-refractivity contribution in [1.29, 1.82) is 0 Å². The summed E-state index contributed by atoms with van der Waals surface area (Å²) < 4.78 is 0. The van der Waals surface area contributed by atoms with Crippen LogP contribution in [0.25, 0.3) is 0 Å². The molecule has 1 amide bonds. The Labute approximate surface area is 128 Å². The van der Waals surface area contributed by atoms with Gasteiger partial charge in [-0.15, -0.1) is 0 Å². The first-order valence-electron chi connectivity index (χ1n) is 8.22. The fraction of sp³-hybridized carbons (Fsp3) is 0.875. The number of carbonyl (C=O) groups is 2. The van der Waals surface area contributed by atoms with E-state index in [2.05, 4.69) is 5.32 Å². The summed E-state index contributed by atoms with van der Waals surface area (Å²) in [4.78, 5) is 24.1. The summed E-state index contributed by atoms with van der Waals surface area (Å²) in [6.07, 6.45) is 8.93. The minimum atomic E-state index is -0.793. The highest BCUT2D eigenvalue weighted by Gasteiger charge is 2.21. The van der Waals surface area contributed by atoms with Crippen molar-refractivity contribution in [3.05, 3.63) is 0 Å². The monoisotopic (exact) mass is 298 g/mol. The Morgan fingerprint density at radius 1 is 1.19 bits per heavy atom. The largest absolute Gasteiger partial charge is 0.480 e. The van der Waals surface area contributed by atoms with Crippen LogP contribution in [0.2, 0.25) is 0 Å². The van der Waals surface area contributed by atoms with Gasteiger partial charge in [-0.05, 0) is 25.8 Å². The fourth-order valence-electron chi connectivity index (χ4n) is 3.03. The summed E-state index contributed by atoms with van der Waals surface area (Å²) in [7, 11) is 0. The van der Waals surface area contributed by atoms with Crippen molar-refractivity contribution in [3.8, 4) is 0 Å². The first-order chi connectivity index (χ1) is 10.0. The SMILES string of the molecule is CC(=O)NCCN(CCC1CCCCCC1)C(C)C(=O)O. The number of nitrogens with zero attached hydrogens (tertiary/aromatic N) is 1. The second kappa shape index (κ2) is 9.77. The van der Waals surface area contributed by atoms with Crippen molar-refractivity contribution >= 4 is 11.9 Å². The fourth-order valence-corrected chi connectivity index (χ4v) is 3.03. The Morgan fingerprint density at radius 2 is 1.81 bits per heavy atom. The van der Waals surface area contributed by atoms with E-state index >= 15 is 0 Å². The molecule has 1 fully saturated rings. The van der Waals surface area contributed by atoms with Gasteiger partial charge in [0, 0.05) is 20.0 Å². The Hall–Kier alpha value is -1.10. The standard InChI is InChI=1S/C16H30N2O3/c1-13(16(20)21)18(12-10-17-14(2)19)11-9-15-7-5-3-4-6-8-15/h13,15H,3-12H2,1-2H3,(H,17,19)(H,20,21). The predicted molar refractivity (Wildman–Crippen MR) is 83.2 cm³/mol. The van der Waals surface area contributed by atoms with Gasteiger partial charge >= 0.3 is 5.97 Å². The third-order valence-corrected chi connectivity index (χ3v) is 4.48. The van der Waals surface area contributed by atoms with Crippen molar-refractivity contribution in [2.24, 2.45) is 5.92 Å². The van der Waals surface area contributed by atoms with Crippen LogP contribution in [0.15, 0.2) is 0 Å². The average molecular weight is 298 g/mol. The average Bonchev–Trinajstić information content (AvgIpc) is 2.70. The third kappa shape index (κ3) is 7.46. The third-order valence-electron chi connectivity index (χ3n) is 4.48. The van der Waals surface area contributed by atoms with Crippen LogP contribution < -0.4 is 5.32 Å². The topological polar surface area (TPSA) is 69.6 Å². The van der Waals surface area contributed by atoms with Gasteiger partial charge in [0.15, 0.2) is 0 Å². The molecular weight excluding hydrogens is 268 g/mol. The van der Waals surface area contributed by atoms with Crippen molar-refractivity contribution in [3.63, 3.8) is 0 Å². The smallest absolute Gasteiger partial charge is 0.320 e. The van der Waals surface area contributed by atoms with E-state index in [-0.39, 0.29) is 5.91 Å². The van der Waals surface area contributed by atoms with Gasteiger partial charge in [-0.3, -0.25) is 14.5 Å². The Balaban J connectivity index is 2.42. The lowest BCUT2D eigenvalue weighted by molar-refractivity contribution is -0.142. The quantitative estimate of drug-likeness (QED) is 0.674. The molecule has 1 aliphatic rings. The highest BCUT2D eigenvalue weighted by Crippen LogP contribution is 2.25. The second-order valence-corrected chi connectivity index (χ2v) is 6.18. The van der Waals surface area contributed by atoms with Crippen LogP contribution in [0.1, 0.15) is 58.8 Å². The number of carboxylic acids is 1. The molecule has 1 saturated carbocycles. The number of rotatable bonds is 8. The van der Waals surface area contributed by atoms with Crippen molar-refractivity contribution < 1.29 is 14.7 Å². The van der Waals surface area contributed by atoms with Crippen LogP contribution in [-0.2, 0) is 9.59 Å². The minimum absolute atomic E-state index is 0.0679. The first kappa shape index (κ1) is 18.0. The van der Waals surface area contributed by atoms with Crippen LogP contribution in [0, 0.1) is 5.92 Å². The minimum Gasteiger partial charge on any atom is -0.480 e. The molecular formula is C16H30N2O3. The number of hydrogen-bond acceptors (Lipinski definition) is 3. The Kier molecular flexibility index (Phi) is 8.35. The molecule has 1 aliphatic carbocycles. The van der Waals surface area contributed by atoms with E-state index in [1.807, 2.05) is 4.90 Å². The maximum absolute atomic E-state index is 11.2. The van der Waals surface area contributed by atoms with Crippen LogP contribution in [0.4, 0.5) is 0 Å². The molecule has 2 N–H and O–H groups in total. The van der Waals surface area contributed by atoms with Crippen molar-refractivity contribution in [1.82, 2.24) is 10.2 Å². The molecule has 0 aromatic carbocycles. The van der Waals surface area contributed by atoms with Crippen molar-refractivity contribution in [2.75, 3.05) is 19.6 Å². The van der Waals surface area contributed by atoms with Crippen molar-refractivity contribution in [2.45, 2.75) is 64.8 Å². The van der Waals surface area contributed by atoms with Gasteiger partial charge in [-0.2, -0.15) is 0 Å². The second-order valence-electron chi connectivity index (χ2n) is 6.18. The molecule has 5 heteroatoms. The summed E-state index contributed by atoms with van der Waals surface area (Å²) in [6.45, 7) is 5.12. The zero-order chi connectivity index (χ0) is 15.7. The lowest BCUT2D eigenvalue weighted by atomic mass is 9.96. The van der Waals surface area contributed by atoms with E-state index in [1.165, 1.54) is 45.4 Å². The molecule has 122 valence electrons. The number of nitrogens with one attached hydrogen (secondary N) is 1. The summed E-state index contributed by atoms with van der Waals surface area (Å²) in [6, 6.07) is -0.496. The number of carboxylic acid groups (broad SMARTS) is 1. The number of hydrogen-bond donors (Lipinski definition) is 2.